The van der Waals surface area contributed by atoms with Crippen molar-refractivity contribution in [2.24, 2.45) is 0 Å². The third-order valence-electron chi connectivity index (χ3n) is 3.32. The van der Waals surface area contributed by atoms with Gasteiger partial charge in [0, 0.05) is 12.1 Å². The van der Waals surface area contributed by atoms with Crippen LogP contribution in [0.15, 0.2) is 48.5 Å². The minimum atomic E-state index is -0.559. The van der Waals surface area contributed by atoms with Crippen LogP contribution in [0.1, 0.15) is 18.1 Å². The van der Waals surface area contributed by atoms with Gasteiger partial charge >= 0.3 is 0 Å². The molecule has 0 fully saturated rings. The predicted octanol–water partition coefficient (Wildman–Crippen LogP) is 3.09. The fraction of sp³-hybridized carbons (Fsp3) is 0.278. The van der Waals surface area contributed by atoms with E-state index in [9.17, 15) is 4.79 Å². The topological polar surface area (TPSA) is 47.6 Å². The molecule has 0 saturated heterocycles. The molecule has 2 rings (SSSR count). The molecule has 4 heteroatoms. The second-order valence-electron chi connectivity index (χ2n) is 5.11. The van der Waals surface area contributed by atoms with Crippen LogP contribution in [0.5, 0.6) is 11.5 Å². The van der Waals surface area contributed by atoms with Crippen molar-refractivity contribution in [1.82, 2.24) is 5.32 Å². The van der Waals surface area contributed by atoms with Gasteiger partial charge in [-0.15, -0.1) is 0 Å². The third-order valence-corrected chi connectivity index (χ3v) is 3.32. The maximum absolute atomic E-state index is 12.1. The van der Waals surface area contributed by atoms with Gasteiger partial charge in [-0.25, -0.2) is 0 Å². The van der Waals surface area contributed by atoms with E-state index in [2.05, 4.69) is 5.32 Å². The van der Waals surface area contributed by atoms with Gasteiger partial charge in [0.25, 0.3) is 5.91 Å². The van der Waals surface area contributed by atoms with E-state index in [4.69, 9.17) is 9.47 Å². The first-order chi connectivity index (χ1) is 10.6. The summed E-state index contributed by atoms with van der Waals surface area (Å²) < 4.78 is 10.9. The van der Waals surface area contributed by atoms with Crippen LogP contribution in [0.4, 0.5) is 0 Å². The Morgan fingerprint density at radius 1 is 1.18 bits per heavy atom. The van der Waals surface area contributed by atoms with Crippen LogP contribution in [-0.4, -0.2) is 19.1 Å². The number of carbonyl (C=O) groups excluding carboxylic acids is 1. The molecule has 1 unspecified atom stereocenters. The van der Waals surface area contributed by atoms with E-state index in [0.717, 1.165) is 16.9 Å². The standard InChI is InChI=1S/C18H21NO3/c1-13-7-6-9-16(11-13)22-14(2)18(20)19-12-15-8-4-5-10-17(15)21-3/h4-11,14H,12H2,1-3H3,(H,19,20). The highest BCUT2D eigenvalue weighted by molar-refractivity contribution is 5.80. The van der Waals surface area contributed by atoms with Crippen LogP contribution in [-0.2, 0) is 11.3 Å². The van der Waals surface area contributed by atoms with Crippen molar-refractivity contribution in [3.8, 4) is 11.5 Å². The fourth-order valence-electron chi connectivity index (χ4n) is 2.12. The molecule has 116 valence electrons. The summed E-state index contributed by atoms with van der Waals surface area (Å²) in [5.41, 5.74) is 2.03. The number of amides is 1. The lowest BCUT2D eigenvalue weighted by Crippen LogP contribution is -2.36. The number of ether oxygens (including phenoxy) is 2. The number of hydrogen-bond acceptors (Lipinski definition) is 3. The van der Waals surface area contributed by atoms with E-state index >= 15 is 0 Å². The average molecular weight is 299 g/mol. The van der Waals surface area contributed by atoms with E-state index in [-0.39, 0.29) is 5.91 Å². The van der Waals surface area contributed by atoms with Crippen molar-refractivity contribution in [2.45, 2.75) is 26.5 Å². The summed E-state index contributed by atoms with van der Waals surface area (Å²) in [5, 5.41) is 2.86. The third kappa shape index (κ3) is 4.25. The molecule has 2 aromatic carbocycles. The summed E-state index contributed by atoms with van der Waals surface area (Å²) in [6.45, 7) is 4.13. The van der Waals surface area contributed by atoms with Gasteiger partial charge in [0.05, 0.1) is 7.11 Å². The molecule has 2 aromatic rings. The summed E-state index contributed by atoms with van der Waals surface area (Å²) >= 11 is 0. The zero-order valence-electron chi connectivity index (χ0n) is 13.1. The monoisotopic (exact) mass is 299 g/mol. The number of methoxy groups -OCH3 is 1. The largest absolute Gasteiger partial charge is 0.496 e. The maximum atomic E-state index is 12.1. The van der Waals surface area contributed by atoms with Crippen molar-refractivity contribution in [2.75, 3.05) is 7.11 Å². The number of para-hydroxylation sites is 1. The van der Waals surface area contributed by atoms with E-state index in [1.165, 1.54) is 0 Å². The molecule has 1 atom stereocenters. The molecular weight excluding hydrogens is 278 g/mol. The van der Waals surface area contributed by atoms with Gasteiger partial charge in [0.1, 0.15) is 11.5 Å². The molecule has 0 saturated carbocycles. The van der Waals surface area contributed by atoms with Crippen molar-refractivity contribution < 1.29 is 14.3 Å². The Labute approximate surface area is 131 Å². The van der Waals surface area contributed by atoms with Crippen molar-refractivity contribution in [3.05, 3.63) is 59.7 Å². The van der Waals surface area contributed by atoms with Gasteiger partial charge in [0.2, 0.25) is 0 Å². The smallest absolute Gasteiger partial charge is 0.261 e. The van der Waals surface area contributed by atoms with E-state index in [1.54, 1.807) is 14.0 Å². The van der Waals surface area contributed by atoms with E-state index < -0.39 is 6.10 Å². The molecule has 0 aliphatic carbocycles. The lowest BCUT2D eigenvalue weighted by atomic mass is 10.2. The molecule has 1 N–H and O–H groups in total. The van der Waals surface area contributed by atoms with Gasteiger partial charge in [-0.05, 0) is 37.6 Å². The summed E-state index contributed by atoms with van der Waals surface area (Å²) in [7, 11) is 1.62. The molecule has 0 spiro atoms. The molecule has 0 aromatic heterocycles. The van der Waals surface area contributed by atoms with Crippen LogP contribution in [0.3, 0.4) is 0 Å². The fourth-order valence-corrected chi connectivity index (χ4v) is 2.12. The second-order valence-corrected chi connectivity index (χ2v) is 5.11. The van der Waals surface area contributed by atoms with Crippen LogP contribution >= 0.6 is 0 Å². The quantitative estimate of drug-likeness (QED) is 0.891. The van der Waals surface area contributed by atoms with Gasteiger partial charge in [-0.2, -0.15) is 0 Å². The average Bonchev–Trinajstić information content (AvgIpc) is 2.52. The number of benzene rings is 2. The zero-order valence-corrected chi connectivity index (χ0v) is 13.1. The van der Waals surface area contributed by atoms with Gasteiger partial charge in [0.15, 0.2) is 6.10 Å². The second kappa shape index (κ2) is 7.50. The summed E-state index contributed by atoms with van der Waals surface area (Å²) in [4.78, 5) is 12.1. The summed E-state index contributed by atoms with van der Waals surface area (Å²) in [6.07, 6.45) is -0.559. The highest BCUT2D eigenvalue weighted by atomic mass is 16.5. The van der Waals surface area contributed by atoms with Crippen molar-refractivity contribution >= 4 is 5.91 Å². The molecule has 22 heavy (non-hydrogen) atoms. The Bertz CT molecular complexity index is 640. The first-order valence-corrected chi connectivity index (χ1v) is 7.23. The van der Waals surface area contributed by atoms with Gasteiger partial charge in [-0.3, -0.25) is 4.79 Å². The molecule has 0 heterocycles. The molecule has 0 aliphatic rings. The normalized spacial score (nSPS) is 11.6. The number of hydrogen-bond donors (Lipinski definition) is 1. The molecule has 0 aliphatic heterocycles. The van der Waals surface area contributed by atoms with Crippen molar-refractivity contribution in [1.29, 1.82) is 0 Å². The Morgan fingerprint density at radius 2 is 1.95 bits per heavy atom. The van der Waals surface area contributed by atoms with Crippen LogP contribution in [0, 0.1) is 6.92 Å². The van der Waals surface area contributed by atoms with Crippen molar-refractivity contribution in [3.63, 3.8) is 0 Å². The number of nitrogens with one attached hydrogen (secondary N) is 1. The minimum absolute atomic E-state index is 0.160. The number of carbonyl (C=O) groups is 1. The van der Waals surface area contributed by atoms with Gasteiger partial charge in [-0.1, -0.05) is 30.3 Å². The molecule has 0 bridgehead atoms. The summed E-state index contributed by atoms with van der Waals surface area (Å²) in [5.74, 6) is 1.29. The Balaban J connectivity index is 1.91. The van der Waals surface area contributed by atoms with Crippen LogP contribution in [0.2, 0.25) is 0 Å². The molecule has 4 nitrogen and oxygen atoms in total. The van der Waals surface area contributed by atoms with Gasteiger partial charge < -0.3 is 14.8 Å². The Hall–Kier alpha value is -2.49. The lowest BCUT2D eigenvalue weighted by Gasteiger charge is -2.16. The Morgan fingerprint density at radius 3 is 2.68 bits per heavy atom. The van der Waals surface area contributed by atoms with E-state index in [1.807, 2.05) is 55.5 Å². The first-order valence-electron chi connectivity index (χ1n) is 7.23. The first kappa shape index (κ1) is 15.9. The lowest BCUT2D eigenvalue weighted by molar-refractivity contribution is -0.127. The summed E-state index contributed by atoms with van der Waals surface area (Å²) in [6, 6.07) is 15.2. The Kier molecular flexibility index (Phi) is 5.42. The van der Waals surface area contributed by atoms with Crippen LogP contribution in [0.25, 0.3) is 0 Å². The minimum Gasteiger partial charge on any atom is -0.496 e. The number of rotatable bonds is 6. The molecule has 0 radical (unpaired) electrons. The number of aryl methyl sites for hydroxylation is 1. The molecule has 1 amide bonds. The highest BCUT2D eigenvalue weighted by Crippen LogP contribution is 2.17. The molecular formula is C18H21NO3. The predicted molar refractivity (Wildman–Crippen MR) is 86.1 cm³/mol. The van der Waals surface area contributed by atoms with E-state index in [0.29, 0.717) is 12.3 Å². The highest BCUT2D eigenvalue weighted by Gasteiger charge is 2.15. The van der Waals surface area contributed by atoms with Crippen LogP contribution < -0.4 is 14.8 Å². The zero-order chi connectivity index (χ0) is 15.9. The SMILES string of the molecule is COc1ccccc1CNC(=O)C(C)Oc1cccc(C)c1. The maximum Gasteiger partial charge on any atom is 0.261 e.